The van der Waals surface area contributed by atoms with E-state index in [4.69, 9.17) is 4.98 Å². The zero-order chi connectivity index (χ0) is 14.6. The van der Waals surface area contributed by atoms with Gasteiger partial charge < -0.3 is 4.90 Å². The summed E-state index contributed by atoms with van der Waals surface area (Å²) in [7, 11) is 3.63. The molecule has 3 heteroatoms. The Morgan fingerprint density at radius 1 is 1.14 bits per heavy atom. The molecule has 0 saturated heterocycles. The van der Waals surface area contributed by atoms with Crippen molar-refractivity contribution in [2.75, 3.05) is 14.1 Å². The van der Waals surface area contributed by atoms with E-state index in [9.17, 15) is 4.79 Å². The van der Waals surface area contributed by atoms with Crippen LogP contribution in [0.25, 0.3) is 0 Å². The molecule has 4 fully saturated rings. The molecule has 4 saturated carbocycles. The summed E-state index contributed by atoms with van der Waals surface area (Å²) >= 11 is 0. The number of carbonyl (C=O) groups is 1. The summed E-state index contributed by atoms with van der Waals surface area (Å²) in [6.45, 7) is 0. The Morgan fingerprint density at radius 2 is 1.71 bits per heavy atom. The van der Waals surface area contributed by atoms with Crippen LogP contribution in [0.15, 0.2) is 18.3 Å². The molecule has 0 atom stereocenters. The quantitative estimate of drug-likeness (QED) is 0.835. The van der Waals surface area contributed by atoms with Gasteiger partial charge in [-0.15, -0.1) is 0 Å². The minimum atomic E-state index is 0.0865. The van der Waals surface area contributed by atoms with Crippen LogP contribution in [0.1, 0.15) is 54.6 Å². The molecular formula is C18H24N2O. The normalized spacial score (nSPS) is 36.8. The van der Waals surface area contributed by atoms with Gasteiger partial charge in [-0.1, -0.05) is 0 Å². The van der Waals surface area contributed by atoms with Crippen molar-refractivity contribution in [3.8, 4) is 0 Å². The van der Waals surface area contributed by atoms with E-state index >= 15 is 0 Å². The van der Waals surface area contributed by atoms with Gasteiger partial charge >= 0.3 is 0 Å². The summed E-state index contributed by atoms with van der Waals surface area (Å²) in [5, 5.41) is 0. The molecule has 1 heterocycles. The van der Waals surface area contributed by atoms with Gasteiger partial charge in [0.25, 0.3) is 5.91 Å². The fourth-order valence-corrected chi connectivity index (χ4v) is 5.54. The monoisotopic (exact) mass is 284 g/mol. The summed E-state index contributed by atoms with van der Waals surface area (Å²) < 4.78 is 0. The number of rotatable bonds is 2. The predicted octanol–water partition coefficient (Wildman–Crippen LogP) is 3.25. The van der Waals surface area contributed by atoms with Crippen LogP contribution in [0.3, 0.4) is 0 Å². The average molecular weight is 284 g/mol. The van der Waals surface area contributed by atoms with Crippen LogP contribution in [-0.2, 0) is 5.41 Å². The highest BCUT2D eigenvalue weighted by Gasteiger charge is 2.52. The van der Waals surface area contributed by atoms with Crippen LogP contribution in [0.5, 0.6) is 0 Å². The first kappa shape index (κ1) is 13.3. The van der Waals surface area contributed by atoms with E-state index in [1.807, 2.05) is 26.4 Å². The number of pyridine rings is 1. The molecule has 0 unspecified atom stereocenters. The van der Waals surface area contributed by atoms with Gasteiger partial charge in [-0.2, -0.15) is 0 Å². The van der Waals surface area contributed by atoms with Crippen molar-refractivity contribution in [2.24, 2.45) is 17.8 Å². The lowest BCUT2D eigenvalue weighted by Gasteiger charge is -2.56. The minimum Gasteiger partial charge on any atom is -0.345 e. The third-order valence-corrected chi connectivity index (χ3v) is 5.99. The fourth-order valence-electron chi connectivity index (χ4n) is 5.54. The molecule has 0 N–H and O–H groups in total. The van der Waals surface area contributed by atoms with Gasteiger partial charge in [0.1, 0.15) is 0 Å². The van der Waals surface area contributed by atoms with Gasteiger partial charge in [-0.3, -0.25) is 9.78 Å². The van der Waals surface area contributed by atoms with E-state index < -0.39 is 0 Å². The number of carbonyl (C=O) groups excluding carboxylic acids is 1. The molecule has 0 spiro atoms. The summed E-state index contributed by atoms with van der Waals surface area (Å²) in [6.07, 6.45) is 10.0. The van der Waals surface area contributed by atoms with Crippen LogP contribution >= 0.6 is 0 Å². The molecule has 3 nitrogen and oxygen atoms in total. The summed E-state index contributed by atoms with van der Waals surface area (Å²) in [5.74, 6) is 2.81. The van der Waals surface area contributed by atoms with E-state index in [1.54, 1.807) is 4.90 Å². The van der Waals surface area contributed by atoms with Crippen molar-refractivity contribution in [1.82, 2.24) is 9.88 Å². The van der Waals surface area contributed by atoms with Gasteiger partial charge in [0.15, 0.2) is 0 Å². The van der Waals surface area contributed by atoms with Gasteiger partial charge in [0, 0.05) is 37.0 Å². The van der Waals surface area contributed by atoms with Crippen LogP contribution in [-0.4, -0.2) is 29.9 Å². The SMILES string of the molecule is CN(C)C(=O)c1ccnc(C23CC4CC(CC(C4)C2)C3)c1. The molecule has 4 aliphatic rings. The Bertz CT molecular complexity index is 543. The fraction of sp³-hybridized carbons (Fsp3) is 0.667. The van der Waals surface area contributed by atoms with Crippen LogP contribution in [0.4, 0.5) is 0 Å². The lowest BCUT2D eigenvalue weighted by atomic mass is 9.48. The maximum atomic E-state index is 12.2. The maximum absolute atomic E-state index is 12.2. The molecular weight excluding hydrogens is 260 g/mol. The number of amides is 1. The Hall–Kier alpha value is -1.38. The maximum Gasteiger partial charge on any atom is 0.253 e. The van der Waals surface area contributed by atoms with Gasteiger partial charge in [-0.05, 0) is 68.4 Å². The molecule has 112 valence electrons. The number of hydrogen-bond acceptors (Lipinski definition) is 2. The van der Waals surface area contributed by atoms with Crippen molar-refractivity contribution in [3.63, 3.8) is 0 Å². The lowest BCUT2D eigenvalue weighted by Crippen LogP contribution is -2.49. The van der Waals surface area contributed by atoms with Crippen molar-refractivity contribution >= 4 is 5.91 Å². The second kappa shape index (κ2) is 4.56. The summed E-state index contributed by atoms with van der Waals surface area (Å²) in [6, 6.07) is 3.93. The van der Waals surface area contributed by atoms with Gasteiger partial charge in [-0.25, -0.2) is 0 Å². The molecule has 1 amide bonds. The average Bonchev–Trinajstić information content (AvgIpc) is 2.45. The Labute approximate surface area is 126 Å². The van der Waals surface area contributed by atoms with Crippen LogP contribution < -0.4 is 0 Å². The highest BCUT2D eigenvalue weighted by molar-refractivity contribution is 5.93. The zero-order valence-corrected chi connectivity index (χ0v) is 13.0. The highest BCUT2D eigenvalue weighted by atomic mass is 16.2. The van der Waals surface area contributed by atoms with E-state index in [0.717, 1.165) is 23.3 Å². The zero-order valence-electron chi connectivity index (χ0n) is 13.0. The third kappa shape index (κ3) is 2.09. The summed E-state index contributed by atoms with van der Waals surface area (Å²) in [5.41, 5.74) is 2.26. The second-order valence-corrected chi connectivity index (χ2v) is 7.83. The van der Waals surface area contributed by atoms with Gasteiger partial charge in [0.2, 0.25) is 0 Å². The molecule has 4 bridgehead atoms. The third-order valence-electron chi connectivity index (χ3n) is 5.99. The molecule has 0 aliphatic heterocycles. The second-order valence-electron chi connectivity index (χ2n) is 7.83. The van der Waals surface area contributed by atoms with Crippen molar-refractivity contribution in [3.05, 3.63) is 29.6 Å². The largest absolute Gasteiger partial charge is 0.345 e. The first-order valence-corrected chi connectivity index (χ1v) is 8.24. The van der Waals surface area contributed by atoms with Gasteiger partial charge in [0.05, 0.1) is 0 Å². The van der Waals surface area contributed by atoms with Crippen LogP contribution in [0.2, 0.25) is 0 Å². The van der Waals surface area contributed by atoms with Crippen molar-refractivity contribution in [2.45, 2.75) is 43.9 Å². The van der Waals surface area contributed by atoms with E-state index in [-0.39, 0.29) is 11.3 Å². The minimum absolute atomic E-state index is 0.0865. The Balaban J connectivity index is 1.70. The molecule has 0 radical (unpaired) electrons. The predicted molar refractivity (Wildman–Crippen MR) is 82.1 cm³/mol. The molecule has 5 rings (SSSR count). The van der Waals surface area contributed by atoms with Crippen molar-refractivity contribution < 1.29 is 4.79 Å². The summed E-state index contributed by atoms with van der Waals surface area (Å²) in [4.78, 5) is 18.6. The van der Waals surface area contributed by atoms with Crippen LogP contribution in [0, 0.1) is 17.8 Å². The highest BCUT2D eigenvalue weighted by Crippen LogP contribution is 2.60. The number of aromatic nitrogens is 1. The number of hydrogen-bond donors (Lipinski definition) is 0. The van der Waals surface area contributed by atoms with E-state index in [0.29, 0.717) is 0 Å². The molecule has 0 aromatic carbocycles. The molecule has 21 heavy (non-hydrogen) atoms. The first-order valence-electron chi connectivity index (χ1n) is 8.24. The molecule has 4 aliphatic carbocycles. The number of nitrogens with zero attached hydrogens (tertiary/aromatic N) is 2. The standard InChI is InChI=1S/C18H24N2O/c1-20(2)17(21)15-3-4-19-16(8-15)18-9-12-5-13(10-18)7-14(6-12)11-18/h3-4,8,12-14H,5-7,9-11H2,1-2H3. The lowest BCUT2D eigenvalue weighted by molar-refractivity contribution is -0.00722. The molecule has 1 aromatic heterocycles. The Morgan fingerprint density at radius 3 is 2.24 bits per heavy atom. The van der Waals surface area contributed by atoms with E-state index in [1.165, 1.54) is 44.2 Å². The smallest absolute Gasteiger partial charge is 0.253 e. The Kier molecular flexibility index (Phi) is 2.88. The van der Waals surface area contributed by atoms with Crippen molar-refractivity contribution in [1.29, 1.82) is 0 Å². The van der Waals surface area contributed by atoms with E-state index in [2.05, 4.69) is 6.07 Å². The molecule has 1 aromatic rings. The first-order chi connectivity index (χ1) is 10.1. The topological polar surface area (TPSA) is 33.2 Å².